The first-order valence-electron chi connectivity index (χ1n) is 14.6. The molecule has 3 N–H and O–H groups in total. The highest BCUT2D eigenvalue weighted by atomic mass is 19.4. The Hall–Kier alpha value is -2.43. The van der Waals surface area contributed by atoms with E-state index in [0.29, 0.717) is 62.8 Å². The van der Waals surface area contributed by atoms with Crippen molar-refractivity contribution >= 4 is 11.4 Å². The van der Waals surface area contributed by atoms with Crippen LogP contribution >= 0.6 is 0 Å². The summed E-state index contributed by atoms with van der Waals surface area (Å²) < 4.78 is 53.1. The third-order valence-electron chi connectivity index (χ3n) is 8.43. The molecule has 2 fully saturated rings. The van der Waals surface area contributed by atoms with Gasteiger partial charge in [-0.2, -0.15) is 13.2 Å². The van der Waals surface area contributed by atoms with Crippen molar-refractivity contribution in [2.45, 2.75) is 76.1 Å². The monoisotopic (exact) mass is 565 g/mol. The van der Waals surface area contributed by atoms with Gasteiger partial charge in [-0.25, -0.2) is 0 Å². The van der Waals surface area contributed by atoms with E-state index in [-0.39, 0.29) is 24.1 Å². The standard InChI is InChI=1S/C30H42F3N3O4/c1-39-15-8-16-40-29(23-12-5-6-13-24(23)30(31,32)33)21-11-7-14-36(19-21)26-25(27(37)28(26)38)35-22(18-34)17-20-9-3-2-4-10-20/h5-6,12-13,20-22,29,35H,2-4,7-11,14-19,34H2,1H3/t21?,22-,29+/m0/s1. The second-order valence-electron chi connectivity index (χ2n) is 11.3. The minimum atomic E-state index is -4.52. The normalized spacial score (nSPS) is 20.5. The Morgan fingerprint density at radius 1 is 1.05 bits per heavy atom. The van der Waals surface area contributed by atoms with Gasteiger partial charge in [0.2, 0.25) is 0 Å². The topological polar surface area (TPSA) is 93.9 Å². The molecule has 2 aromatic rings. The molecule has 0 bridgehead atoms. The van der Waals surface area contributed by atoms with Crippen molar-refractivity contribution in [1.29, 1.82) is 0 Å². The smallest absolute Gasteiger partial charge is 0.385 e. The molecule has 0 amide bonds. The highest BCUT2D eigenvalue weighted by Gasteiger charge is 2.39. The van der Waals surface area contributed by atoms with Crippen molar-refractivity contribution in [3.8, 4) is 0 Å². The summed E-state index contributed by atoms with van der Waals surface area (Å²) in [7, 11) is 1.57. The number of nitrogens with two attached hydrogens (primary N) is 1. The van der Waals surface area contributed by atoms with Gasteiger partial charge in [0.1, 0.15) is 11.4 Å². The third kappa shape index (κ3) is 7.25. The number of halogens is 3. The lowest BCUT2D eigenvalue weighted by molar-refractivity contribution is -0.140. The highest BCUT2D eigenvalue weighted by molar-refractivity contribution is 5.75. The molecule has 1 heterocycles. The Labute approximate surface area is 233 Å². The highest BCUT2D eigenvalue weighted by Crippen LogP contribution is 2.41. The van der Waals surface area contributed by atoms with Crippen molar-refractivity contribution in [2.75, 3.05) is 50.2 Å². The molecular weight excluding hydrogens is 523 g/mol. The predicted octanol–water partition coefficient (Wildman–Crippen LogP) is 5.02. The van der Waals surface area contributed by atoms with Crippen molar-refractivity contribution < 1.29 is 22.6 Å². The molecule has 10 heteroatoms. The number of hydrogen-bond acceptors (Lipinski definition) is 7. The number of benzene rings is 1. The molecule has 1 saturated carbocycles. The zero-order chi connectivity index (χ0) is 28.7. The third-order valence-corrected chi connectivity index (χ3v) is 8.43. The maximum atomic E-state index is 14.0. The predicted molar refractivity (Wildman–Crippen MR) is 151 cm³/mol. The second kappa shape index (κ2) is 14.0. The van der Waals surface area contributed by atoms with Crippen LogP contribution in [0.3, 0.4) is 0 Å². The zero-order valence-corrected chi connectivity index (χ0v) is 23.3. The van der Waals surface area contributed by atoms with E-state index in [1.165, 1.54) is 31.4 Å². The van der Waals surface area contributed by atoms with E-state index >= 15 is 0 Å². The Morgan fingerprint density at radius 2 is 1.80 bits per heavy atom. The van der Waals surface area contributed by atoms with Gasteiger partial charge in [0.05, 0.1) is 11.7 Å². The number of piperidine rings is 1. The van der Waals surface area contributed by atoms with Gasteiger partial charge in [-0.05, 0) is 43.2 Å². The quantitative estimate of drug-likeness (QED) is 0.260. The van der Waals surface area contributed by atoms with Crippen LogP contribution in [0.2, 0.25) is 0 Å². The fourth-order valence-electron chi connectivity index (χ4n) is 6.42. The summed E-state index contributed by atoms with van der Waals surface area (Å²) >= 11 is 0. The molecule has 1 aliphatic heterocycles. The maximum absolute atomic E-state index is 14.0. The Kier molecular flexibility index (Phi) is 10.7. The molecule has 1 unspecified atom stereocenters. The second-order valence-corrected chi connectivity index (χ2v) is 11.3. The number of nitrogens with one attached hydrogen (secondary N) is 1. The summed E-state index contributed by atoms with van der Waals surface area (Å²) in [5.41, 5.74) is 4.96. The van der Waals surface area contributed by atoms with Gasteiger partial charge < -0.3 is 25.4 Å². The maximum Gasteiger partial charge on any atom is 0.416 e. The van der Waals surface area contributed by atoms with E-state index in [0.717, 1.165) is 25.3 Å². The zero-order valence-electron chi connectivity index (χ0n) is 23.3. The van der Waals surface area contributed by atoms with E-state index in [1.54, 1.807) is 13.2 Å². The van der Waals surface area contributed by atoms with Gasteiger partial charge in [0, 0.05) is 51.9 Å². The Morgan fingerprint density at radius 3 is 2.50 bits per heavy atom. The van der Waals surface area contributed by atoms with Gasteiger partial charge in [0.25, 0.3) is 10.9 Å². The molecule has 0 spiro atoms. The summed E-state index contributed by atoms with van der Waals surface area (Å²) in [4.78, 5) is 27.3. The van der Waals surface area contributed by atoms with E-state index < -0.39 is 28.7 Å². The molecule has 2 aromatic carbocycles. The lowest BCUT2D eigenvalue weighted by atomic mass is 9.84. The van der Waals surface area contributed by atoms with Gasteiger partial charge in [-0.3, -0.25) is 9.59 Å². The van der Waals surface area contributed by atoms with Crippen LogP contribution in [0.4, 0.5) is 24.5 Å². The van der Waals surface area contributed by atoms with Crippen LogP contribution < -0.4 is 26.8 Å². The van der Waals surface area contributed by atoms with Gasteiger partial charge in [0.15, 0.2) is 0 Å². The molecule has 0 radical (unpaired) electrons. The molecule has 3 atom stereocenters. The number of ether oxygens (including phenoxy) is 2. The first-order valence-corrected chi connectivity index (χ1v) is 14.6. The van der Waals surface area contributed by atoms with Crippen molar-refractivity contribution in [3.63, 3.8) is 0 Å². The summed E-state index contributed by atoms with van der Waals surface area (Å²) in [5, 5.41) is 3.28. The average molecular weight is 566 g/mol. The van der Waals surface area contributed by atoms with Crippen LogP contribution in [-0.4, -0.2) is 46.0 Å². The van der Waals surface area contributed by atoms with Crippen LogP contribution in [0, 0.1) is 11.8 Å². The molecule has 1 aliphatic carbocycles. The minimum absolute atomic E-state index is 0.0956. The molecule has 222 valence electrons. The van der Waals surface area contributed by atoms with Gasteiger partial charge in [-0.15, -0.1) is 0 Å². The average Bonchev–Trinajstić information content (AvgIpc) is 2.96. The molecule has 7 nitrogen and oxygen atoms in total. The van der Waals surface area contributed by atoms with Crippen LogP contribution in [0.25, 0.3) is 0 Å². The molecule has 0 aromatic heterocycles. The van der Waals surface area contributed by atoms with E-state index in [2.05, 4.69) is 5.32 Å². The molecule has 40 heavy (non-hydrogen) atoms. The van der Waals surface area contributed by atoms with Gasteiger partial charge >= 0.3 is 6.18 Å². The first-order chi connectivity index (χ1) is 19.2. The van der Waals surface area contributed by atoms with E-state index in [4.69, 9.17) is 15.2 Å². The molecule has 4 rings (SSSR count). The Balaban J connectivity index is 1.54. The van der Waals surface area contributed by atoms with Crippen molar-refractivity contribution in [2.24, 2.45) is 17.6 Å². The summed E-state index contributed by atoms with van der Waals surface area (Å²) in [6.45, 7) is 1.89. The largest absolute Gasteiger partial charge is 0.416 e. The summed E-state index contributed by atoms with van der Waals surface area (Å²) in [6, 6.07) is 5.42. The minimum Gasteiger partial charge on any atom is -0.385 e. The van der Waals surface area contributed by atoms with Gasteiger partial charge in [-0.1, -0.05) is 50.3 Å². The molecule has 2 aliphatic rings. The number of methoxy groups -OCH3 is 1. The van der Waals surface area contributed by atoms with E-state index in [1.807, 2.05) is 4.90 Å². The fraction of sp³-hybridized carbons (Fsp3) is 0.667. The number of anilines is 2. The summed E-state index contributed by atoms with van der Waals surface area (Å²) in [5.74, 6) is 0.249. The van der Waals surface area contributed by atoms with E-state index in [9.17, 15) is 22.8 Å². The van der Waals surface area contributed by atoms with Crippen molar-refractivity contribution in [1.82, 2.24) is 0 Å². The number of alkyl halides is 3. The SMILES string of the molecule is COCCCO[C@@H](c1ccccc1C(F)(F)F)C1CCCN(c2c(N[C@H](CN)CC3CCCCC3)c(=O)c2=O)C1. The molecule has 1 saturated heterocycles. The number of rotatable bonds is 13. The fourth-order valence-corrected chi connectivity index (χ4v) is 6.42. The van der Waals surface area contributed by atoms with Crippen LogP contribution in [0.5, 0.6) is 0 Å². The van der Waals surface area contributed by atoms with Crippen LogP contribution in [-0.2, 0) is 15.7 Å². The molecular formula is C30H42F3N3O4. The van der Waals surface area contributed by atoms with Crippen LogP contribution in [0.1, 0.15) is 75.0 Å². The number of hydrogen-bond donors (Lipinski definition) is 2. The number of nitrogens with zero attached hydrogens (tertiary/aromatic N) is 1. The van der Waals surface area contributed by atoms with Crippen LogP contribution in [0.15, 0.2) is 33.9 Å². The lowest BCUT2D eigenvalue weighted by Crippen LogP contribution is -2.49. The lowest BCUT2D eigenvalue weighted by Gasteiger charge is -2.40. The van der Waals surface area contributed by atoms with Crippen molar-refractivity contribution in [3.05, 3.63) is 55.8 Å². The first kappa shape index (κ1) is 30.5. The summed E-state index contributed by atoms with van der Waals surface area (Å²) in [6.07, 6.45) is 3.32. The Bertz CT molecular complexity index is 1160.